The number of anilines is 1. The van der Waals surface area contributed by atoms with Crippen LogP contribution in [0, 0.1) is 0 Å². The highest BCUT2D eigenvalue weighted by molar-refractivity contribution is 6.00. The fourth-order valence-corrected chi connectivity index (χ4v) is 3.73. The van der Waals surface area contributed by atoms with E-state index >= 15 is 0 Å². The number of carbonyl (C=O) groups excluding carboxylic acids is 1. The molecule has 1 saturated carbocycles. The summed E-state index contributed by atoms with van der Waals surface area (Å²) in [6.07, 6.45) is 8.14. The maximum absolute atomic E-state index is 12.3. The molecule has 1 fully saturated rings. The van der Waals surface area contributed by atoms with Crippen LogP contribution in [-0.2, 0) is 7.05 Å². The highest BCUT2D eigenvalue weighted by atomic mass is 16.2. The molecule has 1 aliphatic rings. The van der Waals surface area contributed by atoms with E-state index in [0.29, 0.717) is 23.7 Å². The third kappa shape index (κ3) is 4.25. The van der Waals surface area contributed by atoms with Gasteiger partial charge in [-0.25, -0.2) is 4.79 Å². The number of nitrogens with zero attached hydrogens (tertiary/aromatic N) is 2. The Morgan fingerprint density at radius 3 is 2.62 bits per heavy atom. The number of amides is 2. The fourth-order valence-electron chi connectivity index (χ4n) is 3.73. The second-order valence-electron chi connectivity index (χ2n) is 7.16. The van der Waals surface area contributed by atoms with E-state index in [-0.39, 0.29) is 11.6 Å². The Morgan fingerprint density at radius 2 is 1.88 bits per heavy atom. The monoisotopic (exact) mass is 356 g/mol. The first-order chi connectivity index (χ1) is 12.6. The van der Waals surface area contributed by atoms with Crippen molar-refractivity contribution < 1.29 is 4.79 Å². The van der Waals surface area contributed by atoms with E-state index in [1.807, 2.05) is 18.2 Å². The molecule has 1 aliphatic carbocycles. The molecule has 1 aromatic carbocycles. The lowest BCUT2D eigenvalue weighted by atomic mass is 9.94. The molecule has 0 spiro atoms. The maximum atomic E-state index is 12.3. The van der Waals surface area contributed by atoms with Gasteiger partial charge in [0.1, 0.15) is 0 Å². The predicted octanol–water partition coefficient (Wildman–Crippen LogP) is 2.92. The number of likely N-dealkylation sites (N-methyl/N-ethyl adjacent to an activating group) is 1. The number of carbonyl (C=O) groups is 1. The Balaban J connectivity index is 1.58. The Bertz CT molecular complexity index is 824. The highest BCUT2D eigenvalue weighted by Gasteiger charge is 2.17. The van der Waals surface area contributed by atoms with Crippen molar-refractivity contribution in [1.82, 2.24) is 14.8 Å². The van der Waals surface area contributed by atoms with Crippen molar-refractivity contribution in [3.05, 3.63) is 40.8 Å². The van der Waals surface area contributed by atoms with Crippen LogP contribution in [-0.4, -0.2) is 41.7 Å². The summed E-state index contributed by atoms with van der Waals surface area (Å²) in [6, 6.07) is 7.72. The predicted molar refractivity (Wildman–Crippen MR) is 106 cm³/mol. The zero-order valence-electron chi connectivity index (χ0n) is 15.6. The number of nitrogens with one attached hydrogen (secondary N) is 2. The lowest BCUT2D eigenvalue weighted by Crippen LogP contribution is -2.40. The number of hydrogen-bond acceptors (Lipinski definition) is 3. The van der Waals surface area contributed by atoms with Crippen LogP contribution in [0.15, 0.2) is 35.3 Å². The molecule has 6 nitrogen and oxygen atoms in total. The van der Waals surface area contributed by atoms with Gasteiger partial charge in [-0.2, -0.15) is 0 Å². The molecule has 3 rings (SSSR count). The van der Waals surface area contributed by atoms with Crippen LogP contribution in [0.4, 0.5) is 10.5 Å². The molecule has 1 heterocycles. The molecule has 1 aromatic heterocycles. The number of aryl methyl sites for hydroxylation is 1. The average molecular weight is 356 g/mol. The van der Waals surface area contributed by atoms with Gasteiger partial charge in [-0.15, -0.1) is 0 Å². The van der Waals surface area contributed by atoms with Gasteiger partial charge in [0.25, 0.3) is 5.56 Å². The number of rotatable bonds is 5. The van der Waals surface area contributed by atoms with Crippen molar-refractivity contribution >= 4 is 22.5 Å². The molecule has 0 bridgehead atoms. The van der Waals surface area contributed by atoms with Gasteiger partial charge in [0.05, 0.1) is 5.69 Å². The van der Waals surface area contributed by atoms with Gasteiger partial charge in [-0.1, -0.05) is 37.5 Å². The van der Waals surface area contributed by atoms with Gasteiger partial charge < -0.3 is 20.1 Å². The lowest BCUT2D eigenvalue weighted by Gasteiger charge is -2.31. The molecular formula is C20H28N4O2. The molecule has 0 atom stereocenters. The Kier molecular flexibility index (Phi) is 5.93. The van der Waals surface area contributed by atoms with Crippen LogP contribution in [0.25, 0.3) is 10.8 Å². The molecule has 2 aromatic rings. The maximum Gasteiger partial charge on any atom is 0.319 e. The summed E-state index contributed by atoms with van der Waals surface area (Å²) in [5.74, 6) is 0. The van der Waals surface area contributed by atoms with E-state index in [0.717, 1.165) is 11.9 Å². The van der Waals surface area contributed by atoms with E-state index in [1.54, 1.807) is 19.3 Å². The van der Waals surface area contributed by atoms with E-state index < -0.39 is 0 Å². The molecule has 2 amide bonds. The summed E-state index contributed by atoms with van der Waals surface area (Å²) >= 11 is 0. The van der Waals surface area contributed by atoms with E-state index in [4.69, 9.17) is 0 Å². The van der Waals surface area contributed by atoms with Crippen molar-refractivity contribution in [3.8, 4) is 0 Å². The summed E-state index contributed by atoms with van der Waals surface area (Å²) in [4.78, 5) is 26.8. The molecule has 0 unspecified atom stereocenters. The number of fused-ring (bicyclic) bond motifs is 1. The number of pyridine rings is 1. The molecule has 26 heavy (non-hydrogen) atoms. The molecule has 2 N–H and O–H groups in total. The zero-order chi connectivity index (χ0) is 18.5. The minimum absolute atomic E-state index is 0.0688. The third-order valence-electron chi connectivity index (χ3n) is 5.29. The minimum atomic E-state index is -0.245. The molecule has 0 radical (unpaired) electrons. The molecule has 6 heteroatoms. The Hall–Kier alpha value is -2.34. The summed E-state index contributed by atoms with van der Waals surface area (Å²) in [5.41, 5.74) is 0.571. The Morgan fingerprint density at radius 1 is 1.19 bits per heavy atom. The third-order valence-corrected chi connectivity index (χ3v) is 5.29. The molecular weight excluding hydrogens is 328 g/mol. The minimum Gasteiger partial charge on any atom is -0.337 e. The van der Waals surface area contributed by atoms with Gasteiger partial charge in [-0.3, -0.25) is 4.79 Å². The second-order valence-corrected chi connectivity index (χ2v) is 7.16. The van der Waals surface area contributed by atoms with Crippen LogP contribution in [0.5, 0.6) is 0 Å². The highest BCUT2D eigenvalue weighted by Crippen LogP contribution is 2.21. The quantitative estimate of drug-likeness (QED) is 0.866. The van der Waals surface area contributed by atoms with Crippen molar-refractivity contribution in [2.24, 2.45) is 7.05 Å². The smallest absolute Gasteiger partial charge is 0.319 e. The van der Waals surface area contributed by atoms with Gasteiger partial charge in [0, 0.05) is 43.1 Å². The van der Waals surface area contributed by atoms with Crippen LogP contribution in [0.3, 0.4) is 0 Å². The van der Waals surface area contributed by atoms with Crippen molar-refractivity contribution in [2.75, 3.05) is 25.5 Å². The Labute approximate surface area is 154 Å². The number of benzene rings is 1. The van der Waals surface area contributed by atoms with Crippen LogP contribution in [0.2, 0.25) is 0 Å². The summed E-state index contributed by atoms with van der Waals surface area (Å²) in [5, 5.41) is 7.16. The first-order valence-electron chi connectivity index (χ1n) is 9.39. The number of urea groups is 1. The van der Waals surface area contributed by atoms with Gasteiger partial charge in [0.2, 0.25) is 0 Å². The van der Waals surface area contributed by atoms with Crippen molar-refractivity contribution in [3.63, 3.8) is 0 Å². The number of aromatic nitrogens is 1. The van der Waals surface area contributed by atoms with E-state index in [2.05, 4.69) is 22.6 Å². The first kappa shape index (κ1) is 18.5. The normalized spacial score (nSPS) is 15.3. The van der Waals surface area contributed by atoms with Gasteiger partial charge in [0.15, 0.2) is 0 Å². The second kappa shape index (κ2) is 8.36. The summed E-state index contributed by atoms with van der Waals surface area (Å²) in [6.45, 7) is 1.44. The van der Waals surface area contributed by atoms with Gasteiger partial charge in [-0.05, 0) is 26.0 Å². The lowest BCUT2D eigenvalue weighted by molar-refractivity contribution is 0.192. The average Bonchev–Trinajstić information content (AvgIpc) is 2.66. The van der Waals surface area contributed by atoms with Crippen LogP contribution < -0.4 is 16.2 Å². The van der Waals surface area contributed by atoms with Crippen LogP contribution >= 0.6 is 0 Å². The SMILES string of the molecule is CN(CCNC(=O)Nc1cn(C)c(=O)c2ccccc12)C1CCCCC1. The van der Waals surface area contributed by atoms with Crippen molar-refractivity contribution in [1.29, 1.82) is 0 Å². The largest absolute Gasteiger partial charge is 0.337 e. The van der Waals surface area contributed by atoms with Gasteiger partial charge >= 0.3 is 6.03 Å². The topological polar surface area (TPSA) is 66.4 Å². The first-order valence-corrected chi connectivity index (χ1v) is 9.39. The van der Waals surface area contributed by atoms with Crippen LogP contribution in [0.1, 0.15) is 32.1 Å². The molecule has 0 saturated heterocycles. The molecule has 140 valence electrons. The fraction of sp³-hybridized carbons (Fsp3) is 0.500. The van der Waals surface area contributed by atoms with Crippen molar-refractivity contribution in [2.45, 2.75) is 38.1 Å². The summed E-state index contributed by atoms with van der Waals surface area (Å²) in [7, 11) is 3.83. The zero-order valence-corrected chi connectivity index (χ0v) is 15.6. The summed E-state index contributed by atoms with van der Waals surface area (Å²) < 4.78 is 1.49. The standard InChI is InChI=1S/C20H28N4O2/c1-23(15-8-4-3-5-9-15)13-12-21-20(26)22-18-14-24(2)19(25)17-11-7-6-10-16(17)18/h6-7,10-11,14-15H,3-5,8-9,12-13H2,1-2H3,(H2,21,22,26). The van der Waals surface area contributed by atoms with E-state index in [9.17, 15) is 9.59 Å². The number of hydrogen-bond donors (Lipinski definition) is 2. The van der Waals surface area contributed by atoms with E-state index in [1.165, 1.54) is 36.7 Å². The molecule has 0 aliphatic heterocycles.